The Labute approximate surface area is 131 Å². The zero-order valence-corrected chi connectivity index (χ0v) is 13.1. The van der Waals surface area contributed by atoms with Crippen molar-refractivity contribution in [2.45, 2.75) is 38.6 Å². The quantitative estimate of drug-likeness (QED) is 0.846. The molecule has 2 fully saturated rings. The summed E-state index contributed by atoms with van der Waals surface area (Å²) in [5.74, 6) is 0.645. The van der Waals surface area contributed by atoms with Gasteiger partial charge in [-0.05, 0) is 26.2 Å². The molecule has 1 atom stereocenters. The van der Waals surface area contributed by atoms with Crippen molar-refractivity contribution in [3.63, 3.8) is 0 Å². The Hall–Kier alpha value is -1.85. The molecule has 1 saturated carbocycles. The molecule has 0 radical (unpaired) electrons. The van der Waals surface area contributed by atoms with Crippen molar-refractivity contribution in [1.82, 2.24) is 19.4 Å². The molecule has 6 heteroatoms. The minimum absolute atomic E-state index is 0.107. The highest BCUT2D eigenvalue weighted by Crippen LogP contribution is 2.28. The van der Waals surface area contributed by atoms with Crippen LogP contribution in [-0.2, 0) is 9.59 Å². The summed E-state index contributed by atoms with van der Waals surface area (Å²) in [5.41, 5.74) is 0. The van der Waals surface area contributed by atoms with E-state index in [2.05, 4.69) is 4.98 Å². The standard InChI is InChI=1S/C16H24N4O2/c1-13(20-9-6-17-12-20)15(21)18-7-3-8-19(11-10-18)16(22)14-4-2-5-14/h6,9,12-14H,2-5,7-8,10-11H2,1H3/t13-/m0/s1. The fourth-order valence-corrected chi connectivity index (χ4v) is 3.16. The average Bonchev–Trinajstić information content (AvgIpc) is 2.88. The van der Waals surface area contributed by atoms with Crippen LogP contribution in [-0.4, -0.2) is 57.3 Å². The summed E-state index contributed by atoms with van der Waals surface area (Å²) in [4.78, 5) is 32.8. The van der Waals surface area contributed by atoms with E-state index in [-0.39, 0.29) is 17.9 Å². The van der Waals surface area contributed by atoms with Gasteiger partial charge in [-0.15, -0.1) is 0 Å². The minimum atomic E-state index is -0.239. The van der Waals surface area contributed by atoms with Crippen molar-refractivity contribution in [1.29, 1.82) is 0 Å². The Morgan fingerprint density at radius 2 is 1.82 bits per heavy atom. The summed E-state index contributed by atoms with van der Waals surface area (Å²) >= 11 is 0. The predicted octanol–water partition coefficient (Wildman–Crippen LogP) is 1.31. The Morgan fingerprint density at radius 3 is 2.45 bits per heavy atom. The lowest BCUT2D eigenvalue weighted by Gasteiger charge is -2.31. The van der Waals surface area contributed by atoms with Gasteiger partial charge in [0.1, 0.15) is 6.04 Å². The summed E-state index contributed by atoms with van der Waals surface area (Å²) in [6, 6.07) is -0.239. The predicted molar refractivity (Wildman–Crippen MR) is 82.1 cm³/mol. The van der Waals surface area contributed by atoms with Crippen LogP contribution in [0.15, 0.2) is 18.7 Å². The van der Waals surface area contributed by atoms with Gasteiger partial charge in [-0.1, -0.05) is 6.42 Å². The van der Waals surface area contributed by atoms with Crippen molar-refractivity contribution in [3.05, 3.63) is 18.7 Å². The van der Waals surface area contributed by atoms with Crippen LogP contribution in [0.4, 0.5) is 0 Å². The zero-order chi connectivity index (χ0) is 15.5. The number of nitrogens with zero attached hydrogens (tertiary/aromatic N) is 4. The number of hydrogen-bond acceptors (Lipinski definition) is 3. The van der Waals surface area contributed by atoms with E-state index in [1.165, 1.54) is 6.42 Å². The number of carbonyl (C=O) groups excluding carboxylic acids is 2. The van der Waals surface area contributed by atoms with E-state index in [1.807, 2.05) is 27.5 Å². The average molecular weight is 304 g/mol. The van der Waals surface area contributed by atoms with E-state index in [0.717, 1.165) is 32.4 Å². The first kappa shape index (κ1) is 15.1. The van der Waals surface area contributed by atoms with Crippen molar-refractivity contribution >= 4 is 11.8 Å². The first-order valence-corrected chi connectivity index (χ1v) is 8.22. The fourth-order valence-electron chi connectivity index (χ4n) is 3.16. The number of hydrogen-bond donors (Lipinski definition) is 0. The molecule has 2 amide bonds. The van der Waals surface area contributed by atoms with E-state index in [1.54, 1.807) is 12.5 Å². The normalized spacial score (nSPS) is 21.1. The molecule has 0 aromatic carbocycles. The topological polar surface area (TPSA) is 58.4 Å². The largest absolute Gasteiger partial charge is 0.341 e. The van der Waals surface area contributed by atoms with Crippen LogP contribution in [0.2, 0.25) is 0 Å². The van der Waals surface area contributed by atoms with E-state index in [4.69, 9.17) is 0 Å². The van der Waals surface area contributed by atoms with E-state index in [0.29, 0.717) is 19.0 Å². The number of aromatic nitrogens is 2. The summed E-state index contributed by atoms with van der Waals surface area (Å²) < 4.78 is 1.82. The second kappa shape index (κ2) is 6.50. The van der Waals surface area contributed by atoms with Gasteiger partial charge < -0.3 is 14.4 Å². The third-order valence-corrected chi connectivity index (χ3v) is 4.90. The number of rotatable bonds is 3. The van der Waals surface area contributed by atoms with Gasteiger partial charge in [0.15, 0.2) is 0 Å². The third-order valence-electron chi connectivity index (χ3n) is 4.90. The van der Waals surface area contributed by atoms with Gasteiger partial charge in [0, 0.05) is 44.5 Å². The molecule has 1 aromatic rings. The van der Waals surface area contributed by atoms with Crippen molar-refractivity contribution in [2.24, 2.45) is 5.92 Å². The molecular weight excluding hydrogens is 280 g/mol. The van der Waals surface area contributed by atoms with Crippen LogP contribution in [0, 0.1) is 5.92 Å². The third kappa shape index (κ3) is 3.00. The highest BCUT2D eigenvalue weighted by Gasteiger charge is 2.31. The van der Waals surface area contributed by atoms with Gasteiger partial charge in [-0.2, -0.15) is 0 Å². The molecule has 0 bridgehead atoms. The summed E-state index contributed by atoms with van der Waals surface area (Å²) in [6.07, 6.45) is 9.29. The Balaban J connectivity index is 1.57. The maximum Gasteiger partial charge on any atom is 0.245 e. The second-order valence-electron chi connectivity index (χ2n) is 6.32. The van der Waals surface area contributed by atoms with Crippen LogP contribution in [0.3, 0.4) is 0 Å². The smallest absolute Gasteiger partial charge is 0.245 e. The SMILES string of the molecule is C[C@@H](C(=O)N1CCCN(C(=O)C2CCC2)CC1)n1ccnc1. The van der Waals surface area contributed by atoms with E-state index in [9.17, 15) is 9.59 Å². The van der Waals surface area contributed by atoms with Gasteiger partial charge in [-0.25, -0.2) is 4.98 Å². The summed E-state index contributed by atoms with van der Waals surface area (Å²) in [7, 11) is 0. The molecule has 2 heterocycles. The molecule has 22 heavy (non-hydrogen) atoms. The molecule has 1 saturated heterocycles. The first-order valence-electron chi connectivity index (χ1n) is 8.22. The fraction of sp³-hybridized carbons (Fsp3) is 0.688. The number of carbonyl (C=O) groups is 2. The number of imidazole rings is 1. The van der Waals surface area contributed by atoms with Crippen molar-refractivity contribution < 1.29 is 9.59 Å². The van der Waals surface area contributed by atoms with E-state index >= 15 is 0 Å². The van der Waals surface area contributed by atoms with Crippen molar-refractivity contribution in [3.8, 4) is 0 Å². The highest BCUT2D eigenvalue weighted by molar-refractivity contribution is 5.81. The molecule has 1 aromatic heterocycles. The summed E-state index contributed by atoms with van der Waals surface area (Å²) in [6.45, 7) is 4.70. The molecule has 1 aliphatic heterocycles. The van der Waals surface area contributed by atoms with Gasteiger partial charge in [0.05, 0.1) is 6.33 Å². The maximum absolute atomic E-state index is 12.6. The Morgan fingerprint density at radius 1 is 1.09 bits per heavy atom. The molecule has 120 valence electrons. The van der Waals surface area contributed by atoms with Gasteiger partial charge in [0.25, 0.3) is 0 Å². The van der Waals surface area contributed by atoms with E-state index < -0.39 is 0 Å². The summed E-state index contributed by atoms with van der Waals surface area (Å²) in [5, 5.41) is 0. The van der Waals surface area contributed by atoms with Gasteiger partial charge in [-0.3, -0.25) is 9.59 Å². The van der Waals surface area contributed by atoms with Crippen LogP contribution in [0.5, 0.6) is 0 Å². The maximum atomic E-state index is 12.6. The molecular formula is C16H24N4O2. The van der Waals surface area contributed by atoms with Crippen molar-refractivity contribution in [2.75, 3.05) is 26.2 Å². The molecule has 1 aliphatic carbocycles. The lowest BCUT2D eigenvalue weighted by atomic mass is 9.84. The first-order chi connectivity index (χ1) is 10.7. The molecule has 0 N–H and O–H groups in total. The highest BCUT2D eigenvalue weighted by atomic mass is 16.2. The monoisotopic (exact) mass is 304 g/mol. The lowest BCUT2D eigenvalue weighted by Crippen LogP contribution is -2.42. The van der Waals surface area contributed by atoms with Crippen LogP contribution < -0.4 is 0 Å². The molecule has 0 spiro atoms. The van der Waals surface area contributed by atoms with Gasteiger partial charge >= 0.3 is 0 Å². The van der Waals surface area contributed by atoms with Crippen LogP contribution in [0.25, 0.3) is 0 Å². The van der Waals surface area contributed by atoms with Crippen LogP contribution >= 0.6 is 0 Å². The molecule has 6 nitrogen and oxygen atoms in total. The minimum Gasteiger partial charge on any atom is -0.341 e. The zero-order valence-electron chi connectivity index (χ0n) is 13.1. The Bertz CT molecular complexity index is 524. The molecule has 0 unspecified atom stereocenters. The Kier molecular flexibility index (Phi) is 4.45. The molecule has 2 aliphatic rings. The number of amides is 2. The lowest BCUT2D eigenvalue weighted by molar-refractivity contribution is -0.139. The van der Waals surface area contributed by atoms with Crippen LogP contribution in [0.1, 0.15) is 38.6 Å². The second-order valence-corrected chi connectivity index (χ2v) is 6.32. The van der Waals surface area contributed by atoms with Gasteiger partial charge in [0.2, 0.25) is 11.8 Å². The molecule has 3 rings (SSSR count).